The zero-order chi connectivity index (χ0) is 17.4. The van der Waals surface area contributed by atoms with Crippen LogP contribution in [0.1, 0.15) is 56.7 Å². The number of allylic oxidation sites excluding steroid dienone is 2. The van der Waals surface area contributed by atoms with Gasteiger partial charge in [0.2, 0.25) is 0 Å². The average molecular weight is 330 g/mol. The van der Waals surface area contributed by atoms with Crippen molar-refractivity contribution >= 4 is 16.6 Å². The van der Waals surface area contributed by atoms with Gasteiger partial charge in [0.25, 0.3) is 0 Å². The Labute approximate surface area is 150 Å². The lowest BCUT2D eigenvalue weighted by Gasteiger charge is -2.40. The van der Waals surface area contributed by atoms with E-state index in [-0.39, 0.29) is 10.8 Å². The zero-order valence-corrected chi connectivity index (χ0v) is 15.4. The molecule has 3 aliphatic rings. The van der Waals surface area contributed by atoms with Crippen LogP contribution in [0.25, 0.3) is 10.8 Å². The van der Waals surface area contributed by atoms with E-state index >= 15 is 0 Å². The molecular weight excluding hydrogens is 304 g/mol. The van der Waals surface area contributed by atoms with Gasteiger partial charge in [-0.25, -0.2) is 0 Å². The maximum Gasteiger partial charge on any atom is 0.144 e. The molecule has 2 aromatic carbocycles. The van der Waals surface area contributed by atoms with Gasteiger partial charge >= 0.3 is 0 Å². The minimum absolute atomic E-state index is 0.130. The second-order valence-corrected chi connectivity index (χ2v) is 9.37. The highest BCUT2D eigenvalue weighted by molar-refractivity contribution is 5.97. The quantitative estimate of drug-likeness (QED) is 0.584. The lowest BCUT2D eigenvalue weighted by molar-refractivity contribution is -0.126. The van der Waals surface area contributed by atoms with Crippen LogP contribution >= 0.6 is 0 Å². The van der Waals surface area contributed by atoms with Gasteiger partial charge in [-0.15, -0.1) is 0 Å². The monoisotopic (exact) mass is 330 g/mol. The Bertz CT molecular complexity index is 927. The minimum atomic E-state index is -0.223. The third-order valence-electron chi connectivity index (χ3n) is 6.90. The molecule has 1 saturated carbocycles. The van der Waals surface area contributed by atoms with Crippen LogP contribution in [0.5, 0.6) is 0 Å². The molecule has 1 fully saturated rings. The Morgan fingerprint density at radius 2 is 1.92 bits per heavy atom. The topological polar surface area (TPSA) is 17.1 Å². The summed E-state index contributed by atoms with van der Waals surface area (Å²) < 4.78 is 0. The van der Waals surface area contributed by atoms with Gasteiger partial charge in [0.05, 0.1) is 5.41 Å². The normalized spacial score (nSPS) is 30.4. The molecule has 2 bridgehead atoms. The molecule has 2 aromatic rings. The number of rotatable bonds is 0. The number of aryl methyl sites for hydroxylation is 1. The largest absolute Gasteiger partial charge is 0.299 e. The molecule has 0 radical (unpaired) electrons. The predicted octanol–water partition coefficient (Wildman–Crippen LogP) is 5.49. The van der Waals surface area contributed by atoms with Crippen LogP contribution in [-0.4, -0.2) is 5.78 Å². The molecule has 3 unspecified atom stereocenters. The molecule has 1 heteroatoms. The Balaban J connectivity index is 1.78. The van der Waals surface area contributed by atoms with E-state index in [9.17, 15) is 4.79 Å². The fraction of sp³-hybridized carbons (Fsp3) is 0.458. The third-order valence-corrected chi connectivity index (χ3v) is 6.90. The molecule has 1 nitrogen and oxygen atoms in total. The van der Waals surface area contributed by atoms with Crippen LogP contribution in [0.3, 0.4) is 0 Å². The van der Waals surface area contributed by atoms with Gasteiger partial charge in [0.1, 0.15) is 5.78 Å². The highest BCUT2D eigenvalue weighted by Crippen LogP contribution is 2.57. The maximum atomic E-state index is 13.1. The van der Waals surface area contributed by atoms with E-state index in [1.54, 1.807) is 0 Å². The van der Waals surface area contributed by atoms with Crippen LogP contribution in [0.15, 0.2) is 42.5 Å². The Hall–Kier alpha value is -1.89. The smallest absolute Gasteiger partial charge is 0.144 e. The number of hydrogen-bond acceptors (Lipinski definition) is 1. The second-order valence-electron chi connectivity index (χ2n) is 9.37. The van der Waals surface area contributed by atoms with Gasteiger partial charge in [-0.05, 0) is 70.0 Å². The van der Waals surface area contributed by atoms with E-state index in [2.05, 4.69) is 63.3 Å². The number of carbonyl (C=O) groups is 1. The van der Waals surface area contributed by atoms with Crippen LogP contribution in [0.2, 0.25) is 0 Å². The predicted molar refractivity (Wildman–Crippen MR) is 103 cm³/mol. The molecule has 0 aromatic heterocycles. The molecular formula is C24H26O. The van der Waals surface area contributed by atoms with Gasteiger partial charge in [0, 0.05) is 6.42 Å². The van der Waals surface area contributed by atoms with E-state index in [4.69, 9.17) is 0 Å². The highest BCUT2D eigenvalue weighted by Gasteiger charge is 2.55. The fourth-order valence-corrected chi connectivity index (χ4v) is 5.75. The molecule has 3 atom stereocenters. The van der Waals surface area contributed by atoms with Crippen molar-refractivity contribution in [3.05, 3.63) is 59.2 Å². The van der Waals surface area contributed by atoms with E-state index in [1.165, 1.54) is 33.9 Å². The first kappa shape index (κ1) is 15.4. The number of benzene rings is 2. The molecule has 0 heterocycles. The summed E-state index contributed by atoms with van der Waals surface area (Å²) in [5.41, 5.74) is 4.08. The SMILES string of the molecule is CC(C)(C)c1cccc2cc3c(cc12)CCC(=O)C31CC2C=CC1C2. The summed E-state index contributed by atoms with van der Waals surface area (Å²) >= 11 is 0. The summed E-state index contributed by atoms with van der Waals surface area (Å²) in [5.74, 6) is 1.52. The van der Waals surface area contributed by atoms with E-state index in [1.807, 2.05) is 0 Å². The van der Waals surface area contributed by atoms with Gasteiger partial charge < -0.3 is 0 Å². The molecule has 25 heavy (non-hydrogen) atoms. The lowest BCUT2D eigenvalue weighted by atomic mass is 9.62. The zero-order valence-electron chi connectivity index (χ0n) is 15.4. The Morgan fingerprint density at radius 1 is 1.08 bits per heavy atom. The first-order chi connectivity index (χ1) is 11.9. The summed E-state index contributed by atoms with van der Waals surface area (Å²) in [6, 6.07) is 11.4. The van der Waals surface area contributed by atoms with Crippen molar-refractivity contribution in [3.63, 3.8) is 0 Å². The summed E-state index contributed by atoms with van der Waals surface area (Å²) in [7, 11) is 0. The molecule has 0 amide bonds. The van der Waals surface area contributed by atoms with Crippen molar-refractivity contribution in [2.75, 3.05) is 0 Å². The summed E-state index contributed by atoms with van der Waals surface area (Å²) in [6.45, 7) is 6.85. The van der Waals surface area contributed by atoms with E-state index in [0.717, 1.165) is 12.8 Å². The molecule has 0 N–H and O–H groups in total. The Kier molecular flexibility index (Phi) is 2.98. The summed E-state index contributed by atoms with van der Waals surface area (Å²) in [4.78, 5) is 13.1. The number of ketones is 1. The van der Waals surface area contributed by atoms with Gasteiger partial charge in [-0.3, -0.25) is 4.79 Å². The van der Waals surface area contributed by atoms with Gasteiger partial charge in [-0.2, -0.15) is 0 Å². The second kappa shape index (κ2) is 4.84. The van der Waals surface area contributed by atoms with Crippen molar-refractivity contribution in [3.8, 4) is 0 Å². The maximum absolute atomic E-state index is 13.1. The van der Waals surface area contributed by atoms with Crippen molar-refractivity contribution in [1.82, 2.24) is 0 Å². The van der Waals surface area contributed by atoms with Crippen molar-refractivity contribution < 1.29 is 4.79 Å². The molecule has 1 spiro atoms. The van der Waals surface area contributed by atoms with Crippen molar-refractivity contribution in [2.24, 2.45) is 11.8 Å². The summed E-state index contributed by atoms with van der Waals surface area (Å²) in [5, 5.41) is 2.67. The number of carbonyl (C=O) groups excluding carboxylic acids is 1. The number of fused-ring (bicyclic) bond motifs is 6. The lowest BCUT2D eigenvalue weighted by Crippen LogP contribution is -2.43. The van der Waals surface area contributed by atoms with Crippen LogP contribution in [0.4, 0.5) is 0 Å². The van der Waals surface area contributed by atoms with Gasteiger partial charge in [-0.1, -0.05) is 57.2 Å². The third kappa shape index (κ3) is 1.99. The number of Topliss-reactive ketones (excluding diaryl/α,β-unsaturated/α-hetero) is 1. The minimum Gasteiger partial charge on any atom is -0.299 e. The molecule has 5 rings (SSSR count). The number of hydrogen-bond donors (Lipinski definition) is 0. The molecule has 128 valence electrons. The average Bonchev–Trinajstić information content (AvgIpc) is 3.18. The molecule has 0 saturated heterocycles. The van der Waals surface area contributed by atoms with Crippen LogP contribution < -0.4 is 0 Å². The standard InChI is InChI=1S/C24H26O/c1-23(2,3)20-6-4-5-16-13-21-17(12-19(16)20)8-10-22(25)24(21)14-15-7-9-18(24)11-15/h4-7,9,12-13,15,18H,8,10-11,14H2,1-3H3. The highest BCUT2D eigenvalue weighted by atomic mass is 16.1. The van der Waals surface area contributed by atoms with Gasteiger partial charge in [0.15, 0.2) is 0 Å². The summed E-state index contributed by atoms with van der Waals surface area (Å²) in [6.07, 6.45) is 8.50. The first-order valence-corrected chi connectivity index (χ1v) is 9.68. The van der Waals surface area contributed by atoms with E-state index in [0.29, 0.717) is 24.0 Å². The molecule has 0 aliphatic heterocycles. The van der Waals surface area contributed by atoms with E-state index < -0.39 is 0 Å². The Morgan fingerprint density at radius 3 is 2.60 bits per heavy atom. The van der Waals surface area contributed by atoms with Crippen molar-refractivity contribution in [1.29, 1.82) is 0 Å². The van der Waals surface area contributed by atoms with Crippen LogP contribution in [-0.2, 0) is 22.0 Å². The first-order valence-electron chi connectivity index (χ1n) is 9.68. The van der Waals surface area contributed by atoms with Crippen LogP contribution in [0, 0.1) is 11.8 Å². The fourth-order valence-electron chi connectivity index (χ4n) is 5.75. The van der Waals surface area contributed by atoms with Crippen molar-refractivity contribution in [2.45, 2.75) is 57.3 Å². The molecule has 3 aliphatic carbocycles.